The predicted octanol–water partition coefficient (Wildman–Crippen LogP) is 4.07. The summed E-state index contributed by atoms with van der Waals surface area (Å²) >= 11 is 7.76. The molecule has 5 rings (SSSR count). The maximum absolute atomic E-state index is 13.2. The number of carbonyl (C=O) groups is 1. The van der Waals surface area contributed by atoms with E-state index in [1.807, 2.05) is 34.7 Å². The third kappa shape index (κ3) is 3.74. The summed E-state index contributed by atoms with van der Waals surface area (Å²) in [5.74, 6) is 0.945. The van der Waals surface area contributed by atoms with Crippen LogP contribution < -0.4 is 4.74 Å². The van der Waals surface area contributed by atoms with E-state index in [1.165, 1.54) is 6.42 Å². The molecule has 0 N–H and O–H groups in total. The molecule has 6 nitrogen and oxygen atoms in total. The van der Waals surface area contributed by atoms with E-state index in [-0.39, 0.29) is 5.91 Å². The first kappa shape index (κ1) is 18.9. The minimum absolute atomic E-state index is 0.0603. The molecule has 0 aliphatic carbocycles. The zero-order valence-corrected chi connectivity index (χ0v) is 17.7. The minimum Gasteiger partial charge on any atom is -0.492 e. The Morgan fingerprint density at radius 2 is 2.07 bits per heavy atom. The molecule has 0 atom stereocenters. The average Bonchev–Trinajstić information content (AvgIpc) is 3.26. The number of hydrogen-bond donors (Lipinski definition) is 0. The number of carbonyl (C=O) groups excluding carboxylic acids is 1. The molecule has 4 heterocycles. The van der Waals surface area contributed by atoms with E-state index in [9.17, 15) is 4.79 Å². The van der Waals surface area contributed by atoms with Gasteiger partial charge in [-0.3, -0.25) is 14.1 Å². The molecule has 1 amide bonds. The first-order valence-electron chi connectivity index (χ1n) is 10.1. The van der Waals surface area contributed by atoms with Crippen LogP contribution in [-0.4, -0.2) is 51.3 Å². The van der Waals surface area contributed by atoms with Gasteiger partial charge >= 0.3 is 0 Å². The summed E-state index contributed by atoms with van der Waals surface area (Å²) in [6.45, 7) is 4.41. The van der Waals surface area contributed by atoms with E-state index in [0.29, 0.717) is 23.9 Å². The lowest BCUT2D eigenvalue weighted by Crippen LogP contribution is -2.37. The highest BCUT2D eigenvalue weighted by Crippen LogP contribution is 2.28. The molecule has 0 saturated carbocycles. The number of nitrogens with zero attached hydrogens (tertiary/aromatic N) is 4. The highest BCUT2D eigenvalue weighted by atomic mass is 35.5. The fourth-order valence-corrected chi connectivity index (χ4v) is 5.09. The highest BCUT2D eigenvalue weighted by molar-refractivity contribution is 7.15. The Labute approximate surface area is 178 Å². The molecule has 1 aromatic carbocycles. The van der Waals surface area contributed by atoms with E-state index >= 15 is 0 Å². The number of halogens is 1. The number of thiazole rings is 1. The highest BCUT2D eigenvalue weighted by Gasteiger charge is 2.27. The van der Waals surface area contributed by atoms with Crippen molar-refractivity contribution in [3.63, 3.8) is 0 Å². The zero-order chi connectivity index (χ0) is 19.8. The van der Waals surface area contributed by atoms with Crippen LogP contribution in [0.4, 0.5) is 0 Å². The number of amides is 1. The quantitative estimate of drug-likeness (QED) is 0.628. The van der Waals surface area contributed by atoms with Crippen molar-refractivity contribution in [2.24, 2.45) is 0 Å². The zero-order valence-electron chi connectivity index (χ0n) is 16.1. The van der Waals surface area contributed by atoms with E-state index in [2.05, 4.69) is 9.30 Å². The molecule has 0 radical (unpaired) electrons. The smallest absolute Gasteiger partial charge is 0.274 e. The van der Waals surface area contributed by atoms with Gasteiger partial charge in [0.1, 0.15) is 12.4 Å². The van der Waals surface area contributed by atoms with E-state index < -0.39 is 0 Å². The maximum Gasteiger partial charge on any atom is 0.274 e. The monoisotopic (exact) mass is 430 g/mol. The summed E-state index contributed by atoms with van der Waals surface area (Å²) < 4.78 is 7.96. The lowest BCUT2D eigenvalue weighted by Gasteiger charge is -2.27. The number of hydrogen-bond acceptors (Lipinski definition) is 5. The molecule has 3 aromatic rings. The number of benzene rings is 1. The van der Waals surface area contributed by atoms with Crippen LogP contribution >= 0.6 is 22.9 Å². The van der Waals surface area contributed by atoms with Crippen molar-refractivity contribution < 1.29 is 9.53 Å². The van der Waals surface area contributed by atoms with Crippen LogP contribution in [0.15, 0.2) is 29.8 Å². The fourth-order valence-electron chi connectivity index (χ4n) is 4.17. The second-order valence-corrected chi connectivity index (χ2v) is 8.94. The van der Waals surface area contributed by atoms with Crippen molar-refractivity contribution in [3.05, 3.63) is 51.7 Å². The molecule has 2 aliphatic heterocycles. The van der Waals surface area contributed by atoms with Crippen LogP contribution in [0.2, 0.25) is 5.02 Å². The van der Waals surface area contributed by atoms with Crippen molar-refractivity contribution in [1.29, 1.82) is 0 Å². The van der Waals surface area contributed by atoms with Gasteiger partial charge in [-0.05, 0) is 37.5 Å². The largest absolute Gasteiger partial charge is 0.492 e. The molecular formula is C21H23ClN4O2S. The van der Waals surface area contributed by atoms with Crippen LogP contribution in [0.25, 0.3) is 4.96 Å². The van der Waals surface area contributed by atoms with Crippen LogP contribution in [0.1, 0.15) is 41.0 Å². The summed E-state index contributed by atoms with van der Waals surface area (Å²) in [4.78, 5) is 23.1. The van der Waals surface area contributed by atoms with Crippen LogP contribution in [0.5, 0.6) is 5.75 Å². The van der Waals surface area contributed by atoms with E-state index in [4.69, 9.17) is 21.3 Å². The number of piperidine rings is 1. The molecule has 1 fully saturated rings. The van der Waals surface area contributed by atoms with Gasteiger partial charge in [0.2, 0.25) is 0 Å². The summed E-state index contributed by atoms with van der Waals surface area (Å²) in [6.07, 6.45) is 5.35. The van der Waals surface area contributed by atoms with Crippen molar-refractivity contribution >= 4 is 33.8 Å². The molecule has 8 heteroatoms. The maximum atomic E-state index is 13.2. The Bertz CT molecular complexity index is 1040. The Balaban J connectivity index is 1.45. The van der Waals surface area contributed by atoms with Gasteiger partial charge in [0.15, 0.2) is 10.7 Å². The third-order valence-corrected chi connectivity index (χ3v) is 6.65. The van der Waals surface area contributed by atoms with Gasteiger partial charge in [-0.1, -0.05) is 11.6 Å². The Morgan fingerprint density at radius 3 is 2.93 bits per heavy atom. The summed E-state index contributed by atoms with van der Waals surface area (Å²) in [6, 6.07) is 5.76. The standard InChI is InChI=1S/C21H23ClN4O2S/c22-16-4-5-18-15(12-16)13-24(8-10-28-18)14-17-19(23-21-26(17)9-11-29-21)20(27)25-6-2-1-3-7-25/h4-5,9,11-12H,1-3,6-8,10,13-14H2. The number of rotatable bonds is 3. The number of aromatic nitrogens is 2. The second-order valence-electron chi connectivity index (χ2n) is 7.63. The molecule has 29 heavy (non-hydrogen) atoms. The van der Waals surface area contributed by atoms with Gasteiger partial charge in [-0.15, -0.1) is 11.3 Å². The fraction of sp³-hybridized carbons (Fsp3) is 0.429. The first-order chi connectivity index (χ1) is 14.2. The van der Waals surface area contributed by atoms with Crippen LogP contribution in [-0.2, 0) is 13.1 Å². The number of imidazole rings is 1. The van der Waals surface area contributed by atoms with Crippen LogP contribution in [0, 0.1) is 0 Å². The predicted molar refractivity (Wildman–Crippen MR) is 114 cm³/mol. The van der Waals surface area contributed by atoms with E-state index in [0.717, 1.165) is 61.0 Å². The molecule has 0 spiro atoms. The topological polar surface area (TPSA) is 50.1 Å². The lowest BCUT2D eigenvalue weighted by atomic mass is 10.1. The van der Waals surface area contributed by atoms with Crippen molar-refractivity contribution in [2.45, 2.75) is 32.4 Å². The summed E-state index contributed by atoms with van der Waals surface area (Å²) in [7, 11) is 0. The number of fused-ring (bicyclic) bond motifs is 2. The molecule has 2 aromatic heterocycles. The van der Waals surface area contributed by atoms with Crippen LogP contribution in [0.3, 0.4) is 0 Å². The normalized spacial score (nSPS) is 17.8. The van der Waals surface area contributed by atoms with Crippen molar-refractivity contribution in [3.8, 4) is 5.75 Å². The molecule has 152 valence electrons. The second kappa shape index (κ2) is 7.97. The summed E-state index contributed by atoms with van der Waals surface area (Å²) in [5, 5.41) is 2.72. The lowest BCUT2D eigenvalue weighted by molar-refractivity contribution is 0.0716. The van der Waals surface area contributed by atoms with Gasteiger partial charge in [-0.2, -0.15) is 0 Å². The summed E-state index contributed by atoms with van der Waals surface area (Å²) in [5.41, 5.74) is 2.63. The Kier molecular flexibility index (Phi) is 5.20. The first-order valence-corrected chi connectivity index (χ1v) is 11.3. The molecule has 2 aliphatic rings. The van der Waals surface area contributed by atoms with Gasteiger partial charge in [0.05, 0.1) is 5.69 Å². The molecule has 1 saturated heterocycles. The Hall–Kier alpha value is -2.09. The molecule has 0 bridgehead atoms. The molecular weight excluding hydrogens is 408 g/mol. The average molecular weight is 431 g/mol. The van der Waals surface area contributed by atoms with Gasteiger partial charge in [0, 0.05) is 54.9 Å². The van der Waals surface area contributed by atoms with E-state index in [1.54, 1.807) is 11.3 Å². The van der Waals surface area contributed by atoms with Gasteiger partial charge < -0.3 is 9.64 Å². The number of ether oxygens (including phenoxy) is 1. The SMILES string of the molecule is O=C(c1nc2sccn2c1CN1CCOc2ccc(Cl)cc2C1)N1CCCCC1. The third-order valence-electron chi connectivity index (χ3n) is 5.66. The minimum atomic E-state index is 0.0603. The van der Waals surface area contributed by atoms with Crippen molar-refractivity contribution in [1.82, 2.24) is 19.2 Å². The number of likely N-dealkylation sites (tertiary alicyclic amines) is 1. The Morgan fingerprint density at radius 1 is 1.21 bits per heavy atom. The molecule has 0 unspecified atom stereocenters. The van der Waals surface area contributed by atoms with Gasteiger partial charge in [-0.25, -0.2) is 4.98 Å². The van der Waals surface area contributed by atoms with Gasteiger partial charge in [0.25, 0.3) is 5.91 Å². The van der Waals surface area contributed by atoms with Crippen molar-refractivity contribution in [2.75, 3.05) is 26.2 Å².